The Labute approximate surface area is 153 Å². The van der Waals surface area contributed by atoms with E-state index in [0.29, 0.717) is 19.6 Å². The van der Waals surface area contributed by atoms with E-state index >= 15 is 0 Å². The highest BCUT2D eigenvalue weighted by Gasteiger charge is 2.32. The third kappa shape index (κ3) is 5.10. The maximum atomic E-state index is 5.85. The van der Waals surface area contributed by atoms with Gasteiger partial charge in [-0.3, -0.25) is 4.84 Å². The van der Waals surface area contributed by atoms with Crippen LogP contribution in [-0.4, -0.2) is 35.9 Å². The second kappa shape index (κ2) is 8.34. The molecule has 0 radical (unpaired) electrons. The first-order valence-electron chi connectivity index (χ1n) is 7.62. The Bertz CT molecular complexity index is 631. The van der Waals surface area contributed by atoms with Crippen molar-refractivity contribution in [3.8, 4) is 5.75 Å². The van der Waals surface area contributed by atoms with Crippen molar-refractivity contribution in [2.45, 2.75) is 39.8 Å². The molecule has 1 aliphatic heterocycles. The molecule has 134 valence electrons. The molecular formula is C16H26BrN5O2. The number of hydrogen-bond acceptors (Lipinski definition) is 7. The van der Waals surface area contributed by atoms with Crippen LogP contribution in [0, 0.1) is 13.8 Å². The lowest BCUT2D eigenvalue weighted by Crippen LogP contribution is -2.53. The van der Waals surface area contributed by atoms with Crippen molar-refractivity contribution in [1.82, 2.24) is 5.06 Å². The first-order chi connectivity index (χ1) is 10.8. The SMILES string of the molecule is Br.Cc1ccc(C)c(OCCCON2C(N)=NC(N)=NC2(C)C)c1. The van der Waals surface area contributed by atoms with Crippen LogP contribution in [0.25, 0.3) is 0 Å². The van der Waals surface area contributed by atoms with Crippen LogP contribution < -0.4 is 16.2 Å². The molecule has 0 amide bonds. The molecule has 4 N–H and O–H groups in total. The van der Waals surface area contributed by atoms with Crippen molar-refractivity contribution in [2.75, 3.05) is 13.2 Å². The Balaban J connectivity index is 0.00000288. The molecule has 0 unspecified atom stereocenters. The number of ether oxygens (including phenoxy) is 1. The fourth-order valence-electron chi connectivity index (χ4n) is 2.28. The molecule has 0 fully saturated rings. The summed E-state index contributed by atoms with van der Waals surface area (Å²) in [6.07, 6.45) is 0.715. The minimum absolute atomic E-state index is 0. The number of hydroxylamine groups is 2. The Morgan fingerprint density at radius 3 is 2.54 bits per heavy atom. The minimum atomic E-state index is -0.677. The molecule has 8 heteroatoms. The van der Waals surface area contributed by atoms with Gasteiger partial charge in [-0.25, -0.2) is 4.99 Å². The summed E-state index contributed by atoms with van der Waals surface area (Å²) < 4.78 is 5.80. The van der Waals surface area contributed by atoms with Gasteiger partial charge in [0.05, 0.1) is 13.2 Å². The number of nitrogens with two attached hydrogens (primary N) is 2. The number of benzene rings is 1. The van der Waals surface area contributed by atoms with Gasteiger partial charge in [0.15, 0.2) is 5.66 Å². The van der Waals surface area contributed by atoms with E-state index < -0.39 is 5.66 Å². The van der Waals surface area contributed by atoms with Gasteiger partial charge in [-0.2, -0.15) is 10.1 Å². The third-order valence-electron chi connectivity index (χ3n) is 3.43. The zero-order valence-electron chi connectivity index (χ0n) is 14.6. The van der Waals surface area contributed by atoms with Gasteiger partial charge in [-0.15, -0.1) is 17.0 Å². The number of guanidine groups is 2. The molecule has 1 aliphatic rings. The predicted octanol–water partition coefficient (Wildman–Crippen LogP) is 2.26. The van der Waals surface area contributed by atoms with Crippen molar-refractivity contribution >= 4 is 28.9 Å². The van der Waals surface area contributed by atoms with Crippen molar-refractivity contribution in [3.05, 3.63) is 29.3 Å². The summed E-state index contributed by atoms with van der Waals surface area (Å²) in [6, 6.07) is 6.15. The second-order valence-electron chi connectivity index (χ2n) is 6.03. The summed E-state index contributed by atoms with van der Waals surface area (Å²) >= 11 is 0. The van der Waals surface area contributed by atoms with E-state index in [1.807, 2.05) is 33.8 Å². The highest BCUT2D eigenvalue weighted by atomic mass is 79.9. The van der Waals surface area contributed by atoms with Gasteiger partial charge in [0.2, 0.25) is 11.9 Å². The maximum Gasteiger partial charge on any atom is 0.226 e. The molecule has 0 spiro atoms. The predicted molar refractivity (Wildman–Crippen MR) is 101 cm³/mol. The Kier molecular flexibility index (Phi) is 7.04. The number of halogens is 1. The van der Waals surface area contributed by atoms with E-state index in [0.717, 1.165) is 11.3 Å². The lowest BCUT2D eigenvalue weighted by molar-refractivity contribution is -0.158. The third-order valence-corrected chi connectivity index (χ3v) is 3.43. The van der Waals surface area contributed by atoms with E-state index in [9.17, 15) is 0 Å². The van der Waals surface area contributed by atoms with E-state index in [4.69, 9.17) is 21.0 Å². The molecule has 24 heavy (non-hydrogen) atoms. The lowest BCUT2D eigenvalue weighted by atomic mass is 10.1. The highest BCUT2D eigenvalue weighted by molar-refractivity contribution is 8.93. The van der Waals surface area contributed by atoms with Gasteiger partial charge in [0, 0.05) is 6.42 Å². The van der Waals surface area contributed by atoms with E-state index in [1.54, 1.807) is 0 Å². The van der Waals surface area contributed by atoms with Crippen molar-refractivity contribution in [3.63, 3.8) is 0 Å². The standard InChI is InChI=1S/C16H25N5O2.BrH/c1-11-6-7-12(2)13(10-11)22-8-5-9-23-21-15(18)19-14(17)20-16(21,3)4;/h6-7,10H,5,8-9H2,1-4H3,(H4,17,18,19,20);1H. The largest absolute Gasteiger partial charge is 0.493 e. The molecule has 0 aromatic heterocycles. The molecule has 0 saturated heterocycles. The summed E-state index contributed by atoms with van der Waals surface area (Å²) in [4.78, 5) is 13.8. The number of nitrogens with zero attached hydrogens (tertiary/aromatic N) is 3. The Morgan fingerprint density at radius 2 is 1.88 bits per heavy atom. The number of aryl methyl sites for hydroxylation is 2. The Hall–Kier alpha value is -1.80. The molecule has 0 atom stereocenters. The summed E-state index contributed by atoms with van der Waals surface area (Å²) in [6.45, 7) is 8.78. The zero-order chi connectivity index (χ0) is 17.0. The fraction of sp³-hybridized carbons (Fsp3) is 0.500. The molecule has 0 aliphatic carbocycles. The first kappa shape index (κ1) is 20.2. The average molecular weight is 400 g/mol. The molecule has 2 rings (SSSR count). The van der Waals surface area contributed by atoms with Crippen molar-refractivity contribution in [2.24, 2.45) is 21.5 Å². The van der Waals surface area contributed by atoms with Gasteiger partial charge in [-0.05, 0) is 44.9 Å². The molecule has 0 bridgehead atoms. The quantitative estimate of drug-likeness (QED) is 0.714. The molecule has 7 nitrogen and oxygen atoms in total. The van der Waals surface area contributed by atoms with Crippen LogP contribution >= 0.6 is 17.0 Å². The van der Waals surface area contributed by atoms with E-state index in [2.05, 4.69) is 22.1 Å². The normalized spacial score (nSPS) is 16.1. The molecule has 1 aromatic rings. The van der Waals surface area contributed by atoms with Crippen LogP contribution in [0.15, 0.2) is 28.2 Å². The van der Waals surface area contributed by atoms with E-state index in [1.165, 1.54) is 10.6 Å². The topological polar surface area (TPSA) is 98.5 Å². The lowest BCUT2D eigenvalue weighted by Gasteiger charge is -2.36. The molecule has 0 saturated carbocycles. The average Bonchev–Trinajstić information content (AvgIpc) is 2.43. The van der Waals surface area contributed by atoms with Crippen LogP contribution in [-0.2, 0) is 4.84 Å². The summed E-state index contributed by atoms with van der Waals surface area (Å²) in [5.41, 5.74) is 13.1. The van der Waals surface area contributed by atoms with Crippen LogP contribution in [0.4, 0.5) is 0 Å². The van der Waals surface area contributed by atoms with Crippen molar-refractivity contribution in [1.29, 1.82) is 0 Å². The first-order valence-corrected chi connectivity index (χ1v) is 7.62. The monoisotopic (exact) mass is 399 g/mol. The highest BCUT2D eigenvalue weighted by Crippen LogP contribution is 2.21. The van der Waals surface area contributed by atoms with E-state index in [-0.39, 0.29) is 28.9 Å². The second-order valence-corrected chi connectivity index (χ2v) is 6.03. The fourth-order valence-corrected chi connectivity index (χ4v) is 2.28. The number of aliphatic imine (C=N–C) groups is 2. The summed E-state index contributed by atoms with van der Waals surface area (Å²) in [5, 5.41) is 1.47. The van der Waals surface area contributed by atoms with Crippen LogP contribution in [0.2, 0.25) is 0 Å². The van der Waals surface area contributed by atoms with Gasteiger partial charge in [0.1, 0.15) is 5.75 Å². The maximum absolute atomic E-state index is 5.85. The summed E-state index contributed by atoms with van der Waals surface area (Å²) in [7, 11) is 0. The van der Waals surface area contributed by atoms with Crippen LogP contribution in [0.1, 0.15) is 31.4 Å². The molecular weight excluding hydrogens is 374 g/mol. The van der Waals surface area contributed by atoms with Crippen molar-refractivity contribution < 1.29 is 9.57 Å². The summed E-state index contributed by atoms with van der Waals surface area (Å²) in [5.74, 6) is 1.27. The smallest absolute Gasteiger partial charge is 0.226 e. The number of rotatable bonds is 6. The van der Waals surface area contributed by atoms with Gasteiger partial charge < -0.3 is 16.2 Å². The van der Waals surface area contributed by atoms with Crippen LogP contribution in [0.3, 0.4) is 0 Å². The van der Waals surface area contributed by atoms with Gasteiger partial charge in [0.25, 0.3) is 0 Å². The van der Waals surface area contributed by atoms with Gasteiger partial charge >= 0.3 is 0 Å². The Morgan fingerprint density at radius 1 is 1.17 bits per heavy atom. The molecule has 1 heterocycles. The minimum Gasteiger partial charge on any atom is -0.493 e. The molecule has 1 aromatic carbocycles. The van der Waals surface area contributed by atoms with Crippen LogP contribution in [0.5, 0.6) is 5.75 Å². The van der Waals surface area contributed by atoms with Gasteiger partial charge in [-0.1, -0.05) is 12.1 Å². The number of hydrogen-bond donors (Lipinski definition) is 2. The zero-order valence-corrected chi connectivity index (χ0v) is 16.3.